The molecule has 0 bridgehead atoms. The number of hydrogen-bond acceptors (Lipinski definition) is 4. The molecule has 2 aliphatic rings. The minimum absolute atomic E-state index is 0.0575. The minimum atomic E-state index is -4.64. The van der Waals surface area contributed by atoms with Crippen molar-refractivity contribution in [3.8, 4) is 0 Å². The topological polar surface area (TPSA) is 58.6 Å². The second kappa shape index (κ2) is 9.94. The van der Waals surface area contributed by atoms with Gasteiger partial charge in [0, 0.05) is 24.9 Å². The molecule has 172 valence electrons. The number of nitrogens with one attached hydrogen (secondary N) is 1. The number of ether oxygens (including phenoxy) is 1. The van der Waals surface area contributed by atoms with E-state index in [2.05, 4.69) is 5.32 Å². The summed E-state index contributed by atoms with van der Waals surface area (Å²) in [6.45, 7) is 7.95. The second-order valence-electron chi connectivity index (χ2n) is 7.98. The van der Waals surface area contributed by atoms with Gasteiger partial charge in [-0.25, -0.2) is 22.4 Å². The summed E-state index contributed by atoms with van der Waals surface area (Å²) < 4.78 is 87.1. The Hall–Kier alpha value is -1.59. The van der Waals surface area contributed by atoms with E-state index in [1.807, 2.05) is 0 Å². The highest BCUT2D eigenvalue weighted by atomic mass is 19.4. The maximum absolute atomic E-state index is 13.1. The molecule has 2 unspecified atom stereocenters. The van der Waals surface area contributed by atoms with Crippen molar-refractivity contribution in [1.82, 2.24) is 10.2 Å². The van der Waals surface area contributed by atoms with Crippen LogP contribution in [0.2, 0.25) is 0 Å². The molecule has 2 heterocycles. The normalized spacial score (nSPS) is 25.3. The van der Waals surface area contributed by atoms with E-state index in [4.69, 9.17) is 9.53 Å². The number of nitrogens with zero attached hydrogens (tertiary/aromatic N) is 1. The van der Waals surface area contributed by atoms with Crippen LogP contribution in [-0.4, -0.2) is 67.1 Å². The van der Waals surface area contributed by atoms with Crippen molar-refractivity contribution in [2.75, 3.05) is 26.2 Å². The Morgan fingerprint density at radius 2 is 1.55 bits per heavy atom. The first-order chi connectivity index (χ1) is 12.8. The molecule has 0 aliphatic carbocycles. The van der Waals surface area contributed by atoms with Crippen LogP contribution in [0.15, 0.2) is 0 Å². The predicted octanol–water partition coefficient (Wildman–Crippen LogP) is 4.12. The van der Waals surface area contributed by atoms with Gasteiger partial charge in [0.1, 0.15) is 5.60 Å². The van der Waals surface area contributed by atoms with Crippen LogP contribution in [0.25, 0.3) is 0 Å². The third-order valence-electron chi connectivity index (χ3n) is 3.93. The molecule has 2 atom stereocenters. The lowest BCUT2D eigenvalue weighted by atomic mass is 10.1. The summed E-state index contributed by atoms with van der Waals surface area (Å²) in [5.74, 6) is -6.54. The number of carbonyl (C=O) groups excluding carboxylic acids is 2. The van der Waals surface area contributed by atoms with Gasteiger partial charge in [-0.15, -0.1) is 0 Å². The number of rotatable bonds is 0. The number of halogens is 7. The molecule has 0 saturated carbocycles. The van der Waals surface area contributed by atoms with Gasteiger partial charge < -0.3 is 15.0 Å². The lowest BCUT2D eigenvalue weighted by Crippen LogP contribution is -2.36. The Labute approximate surface area is 164 Å². The van der Waals surface area contributed by atoms with E-state index in [1.165, 1.54) is 6.92 Å². The van der Waals surface area contributed by atoms with Crippen LogP contribution in [0.3, 0.4) is 0 Å². The van der Waals surface area contributed by atoms with Gasteiger partial charge in [-0.3, -0.25) is 4.79 Å². The van der Waals surface area contributed by atoms with Gasteiger partial charge in [0.25, 0.3) is 11.8 Å². The van der Waals surface area contributed by atoms with Gasteiger partial charge in [0.15, 0.2) is 0 Å². The molecule has 0 aromatic heterocycles. The van der Waals surface area contributed by atoms with Crippen molar-refractivity contribution in [2.45, 2.75) is 58.2 Å². The Bertz CT molecular complexity index is 548. The van der Waals surface area contributed by atoms with Gasteiger partial charge in [0.05, 0.1) is 13.1 Å². The highest BCUT2D eigenvalue weighted by Gasteiger charge is 2.47. The minimum Gasteiger partial charge on any atom is -0.444 e. The van der Waals surface area contributed by atoms with Crippen LogP contribution < -0.4 is 5.32 Å². The summed E-state index contributed by atoms with van der Waals surface area (Å²) in [5.41, 5.74) is -0.641. The monoisotopic (exact) mass is 440 g/mol. The van der Waals surface area contributed by atoms with E-state index in [0.717, 1.165) is 4.90 Å². The molecule has 2 fully saturated rings. The maximum Gasteiger partial charge on any atom is 0.446 e. The summed E-state index contributed by atoms with van der Waals surface area (Å²) in [5, 5.41) is 2.61. The Morgan fingerprint density at radius 1 is 1.07 bits per heavy atom. The largest absolute Gasteiger partial charge is 0.446 e. The van der Waals surface area contributed by atoms with Crippen LogP contribution >= 0.6 is 0 Å². The maximum atomic E-state index is 13.1. The van der Waals surface area contributed by atoms with E-state index < -0.39 is 54.4 Å². The van der Waals surface area contributed by atoms with Crippen molar-refractivity contribution >= 4 is 12.4 Å². The molecular weight excluding hydrogens is 413 g/mol. The molecule has 2 aliphatic heterocycles. The van der Waals surface area contributed by atoms with E-state index in [0.29, 0.717) is 6.54 Å². The van der Waals surface area contributed by atoms with Crippen molar-refractivity contribution in [2.24, 2.45) is 11.8 Å². The zero-order chi connectivity index (χ0) is 23.3. The van der Waals surface area contributed by atoms with Crippen LogP contribution in [0.1, 0.15) is 34.6 Å². The molecule has 1 N–H and O–H groups in total. The number of carbonyl (C=O) groups is 2. The highest BCUT2D eigenvalue weighted by molar-refractivity contribution is 5.68. The van der Waals surface area contributed by atoms with Crippen molar-refractivity contribution < 1.29 is 45.1 Å². The highest BCUT2D eigenvalue weighted by Crippen LogP contribution is 2.33. The van der Waals surface area contributed by atoms with Crippen molar-refractivity contribution in [3.63, 3.8) is 0 Å². The Balaban J connectivity index is 0.000000468. The number of alkyl halides is 7. The smallest absolute Gasteiger partial charge is 0.444 e. The second-order valence-corrected chi connectivity index (χ2v) is 7.98. The van der Waals surface area contributed by atoms with Crippen LogP contribution in [0.4, 0.5) is 35.5 Å². The standard InChI is InChI=1S/C10H17F2NO2.C5H9F2N.C2HF3O/c1-7-5-13(6-10(7,11)12)8(14)15-9(2,3)4;1-4-2-8-3-5(4,6)7;3-2(4,5)1-6/h7H,5-6H2,1-4H3;4,8H,2-3H2,1H3;1H. The van der Waals surface area contributed by atoms with Gasteiger partial charge in [-0.1, -0.05) is 13.8 Å². The van der Waals surface area contributed by atoms with Crippen LogP contribution in [-0.2, 0) is 9.53 Å². The average Bonchev–Trinajstić information content (AvgIpc) is 2.96. The van der Waals surface area contributed by atoms with E-state index >= 15 is 0 Å². The lowest BCUT2D eigenvalue weighted by molar-refractivity contribution is -0.156. The van der Waals surface area contributed by atoms with Gasteiger partial charge in [-0.05, 0) is 20.8 Å². The Morgan fingerprint density at radius 3 is 1.76 bits per heavy atom. The van der Waals surface area contributed by atoms with E-state index in [9.17, 15) is 35.5 Å². The summed E-state index contributed by atoms with van der Waals surface area (Å²) in [6, 6.07) is 0. The molecule has 1 amide bonds. The SMILES string of the molecule is CC1CN(C(=O)OC(C)(C)C)CC1(F)F.CC1CNCC1(F)F.O=CC(F)(F)F. The third-order valence-corrected chi connectivity index (χ3v) is 3.93. The molecule has 5 nitrogen and oxygen atoms in total. The zero-order valence-corrected chi connectivity index (χ0v) is 16.9. The molecule has 0 radical (unpaired) electrons. The van der Waals surface area contributed by atoms with Crippen molar-refractivity contribution in [1.29, 1.82) is 0 Å². The zero-order valence-electron chi connectivity index (χ0n) is 16.9. The molecule has 2 saturated heterocycles. The van der Waals surface area contributed by atoms with Gasteiger partial charge in [0.2, 0.25) is 6.29 Å². The first-order valence-corrected chi connectivity index (χ1v) is 8.78. The number of hydrogen-bond donors (Lipinski definition) is 1. The first-order valence-electron chi connectivity index (χ1n) is 8.78. The fourth-order valence-corrected chi connectivity index (χ4v) is 2.18. The molecule has 0 spiro atoms. The summed E-state index contributed by atoms with van der Waals surface area (Å²) in [4.78, 5) is 21.2. The first kappa shape index (κ1) is 27.4. The Kier molecular flexibility index (Phi) is 9.40. The lowest BCUT2D eigenvalue weighted by Gasteiger charge is -2.24. The third kappa shape index (κ3) is 10.7. The summed E-state index contributed by atoms with van der Waals surface area (Å²) in [7, 11) is 0. The van der Waals surface area contributed by atoms with E-state index in [-0.39, 0.29) is 13.1 Å². The van der Waals surface area contributed by atoms with Gasteiger partial charge in [-0.2, -0.15) is 13.2 Å². The quantitative estimate of drug-likeness (QED) is 0.455. The molecule has 0 aromatic carbocycles. The van der Waals surface area contributed by atoms with E-state index in [1.54, 1.807) is 27.7 Å². The summed E-state index contributed by atoms with van der Waals surface area (Å²) in [6.07, 6.45) is -6.36. The molecule has 29 heavy (non-hydrogen) atoms. The predicted molar refractivity (Wildman–Crippen MR) is 91.0 cm³/mol. The average molecular weight is 440 g/mol. The van der Waals surface area contributed by atoms with Crippen molar-refractivity contribution in [3.05, 3.63) is 0 Å². The molecular formula is C17H27F7N2O3. The molecule has 0 aromatic rings. The molecule has 2 rings (SSSR count). The fraction of sp³-hybridized carbons (Fsp3) is 0.882. The van der Waals surface area contributed by atoms with Gasteiger partial charge >= 0.3 is 12.3 Å². The summed E-state index contributed by atoms with van der Waals surface area (Å²) >= 11 is 0. The van der Waals surface area contributed by atoms with Crippen LogP contribution in [0.5, 0.6) is 0 Å². The molecule has 12 heteroatoms. The number of amides is 1. The number of aldehydes is 1. The fourth-order valence-electron chi connectivity index (χ4n) is 2.18. The van der Waals surface area contributed by atoms with Crippen LogP contribution in [0, 0.1) is 11.8 Å². The number of likely N-dealkylation sites (tertiary alicyclic amines) is 1.